The summed E-state index contributed by atoms with van der Waals surface area (Å²) in [5, 5.41) is 11.7. The van der Waals surface area contributed by atoms with Gasteiger partial charge in [0.15, 0.2) is 0 Å². The van der Waals surface area contributed by atoms with Crippen molar-refractivity contribution in [3.8, 4) is 0 Å². The van der Waals surface area contributed by atoms with Gasteiger partial charge in [0.2, 0.25) is 5.91 Å². The smallest absolute Gasteiger partial charge is 0.303 e. The molecule has 5 heteroatoms. The van der Waals surface area contributed by atoms with Gasteiger partial charge < -0.3 is 10.4 Å². The molecule has 114 valence electrons. The third-order valence-corrected chi connectivity index (χ3v) is 5.20. The van der Waals surface area contributed by atoms with E-state index in [0.717, 1.165) is 29.8 Å². The molecule has 0 unspecified atom stereocenters. The first-order chi connectivity index (χ1) is 9.90. The number of nitrogens with one attached hydrogen (secondary N) is 1. The summed E-state index contributed by atoms with van der Waals surface area (Å²) in [4.78, 5) is 22.7. The van der Waals surface area contributed by atoms with Crippen LogP contribution >= 0.6 is 11.8 Å². The molecule has 2 rings (SSSR count). The number of thioether (sulfide) groups is 1. The first kappa shape index (κ1) is 15.9. The molecule has 1 aromatic rings. The van der Waals surface area contributed by atoms with Gasteiger partial charge in [-0.3, -0.25) is 9.59 Å². The molecular weight excluding hydrogens is 286 g/mol. The fraction of sp³-hybridized carbons (Fsp3) is 0.500. The van der Waals surface area contributed by atoms with Crippen LogP contribution in [0.1, 0.15) is 30.4 Å². The average Bonchev–Trinajstić information content (AvgIpc) is 3.13. The minimum absolute atomic E-state index is 0.0330. The summed E-state index contributed by atoms with van der Waals surface area (Å²) in [5.74, 6) is 0.343. The Labute approximate surface area is 129 Å². The number of aliphatic carboxylic acids is 1. The highest BCUT2D eigenvalue weighted by molar-refractivity contribution is 8.00. The summed E-state index contributed by atoms with van der Waals surface area (Å²) in [7, 11) is 0. The van der Waals surface area contributed by atoms with E-state index in [1.807, 2.05) is 32.0 Å². The molecule has 0 atom stereocenters. The van der Waals surface area contributed by atoms with Crippen LogP contribution in [0.2, 0.25) is 0 Å². The number of aryl methyl sites for hydroxylation is 2. The maximum atomic E-state index is 11.9. The maximum absolute atomic E-state index is 11.9. The summed E-state index contributed by atoms with van der Waals surface area (Å²) in [5.41, 5.74) is 3.11. The highest BCUT2D eigenvalue weighted by Crippen LogP contribution is 2.50. The molecule has 4 nitrogen and oxygen atoms in total. The number of carboxylic acid groups (broad SMARTS) is 1. The summed E-state index contributed by atoms with van der Waals surface area (Å²) < 4.78 is 0. The summed E-state index contributed by atoms with van der Waals surface area (Å²) in [6.45, 7) is 4.05. The van der Waals surface area contributed by atoms with Gasteiger partial charge in [-0.25, -0.2) is 0 Å². The Morgan fingerprint density at radius 3 is 2.57 bits per heavy atom. The Balaban J connectivity index is 1.75. The van der Waals surface area contributed by atoms with Gasteiger partial charge in [-0.15, -0.1) is 0 Å². The van der Waals surface area contributed by atoms with E-state index in [0.29, 0.717) is 5.75 Å². The summed E-state index contributed by atoms with van der Waals surface area (Å²) in [6, 6.07) is 5.85. The van der Waals surface area contributed by atoms with Gasteiger partial charge in [-0.2, -0.15) is 11.8 Å². The Hall–Kier alpha value is -1.49. The van der Waals surface area contributed by atoms with Crippen molar-refractivity contribution in [2.45, 2.75) is 33.1 Å². The fourth-order valence-electron chi connectivity index (χ4n) is 2.25. The fourth-order valence-corrected chi connectivity index (χ4v) is 3.43. The van der Waals surface area contributed by atoms with Crippen LogP contribution in [0.3, 0.4) is 0 Å². The van der Waals surface area contributed by atoms with E-state index in [1.54, 1.807) is 0 Å². The molecule has 0 aliphatic heterocycles. The number of amides is 1. The molecular formula is C16H21NO3S. The lowest BCUT2D eigenvalue weighted by Gasteiger charge is -2.12. The molecule has 1 fully saturated rings. The third kappa shape index (κ3) is 4.77. The van der Waals surface area contributed by atoms with Gasteiger partial charge in [-0.05, 0) is 61.1 Å². The minimum Gasteiger partial charge on any atom is -0.481 e. The Kier molecular flexibility index (Phi) is 4.93. The second kappa shape index (κ2) is 6.52. The van der Waals surface area contributed by atoms with Crippen molar-refractivity contribution >= 4 is 29.3 Å². The molecule has 0 heterocycles. The van der Waals surface area contributed by atoms with Crippen molar-refractivity contribution in [1.29, 1.82) is 0 Å². The van der Waals surface area contributed by atoms with Gasteiger partial charge in [0.1, 0.15) is 0 Å². The quantitative estimate of drug-likeness (QED) is 0.811. The highest BCUT2D eigenvalue weighted by Gasteiger charge is 2.44. The lowest BCUT2D eigenvalue weighted by molar-refractivity contribution is -0.138. The number of carbonyl (C=O) groups excluding carboxylic acids is 1. The second-order valence-corrected chi connectivity index (χ2v) is 6.90. The predicted molar refractivity (Wildman–Crippen MR) is 85.8 cm³/mol. The molecule has 0 aromatic heterocycles. The minimum atomic E-state index is -0.743. The molecule has 21 heavy (non-hydrogen) atoms. The van der Waals surface area contributed by atoms with E-state index in [4.69, 9.17) is 5.11 Å². The van der Waals surface area contributed by atoms with Crippen LogP contribution in [0.5, 0.6) is 0 Å². The van der Waals surface area contributed by atoms with Crippen molar-refractivity contribution in [1.82, 2.24) is 0 Å². The largest absolute Gasteiger partial charge is 0.481 e. The Morgan fingerprint density at radius 1 is 1.29 bits per heavy atom. The van der Waals surface area contributed by atoms with Crippen LogP contribution in [-0.4, -0.2) is 28.5 Å². The standard InChI is InChI=1S/C16H21NO3S/c1-11-3-4-13(7-12(11)2)17-14(18)9-21-10-16(5-6-16)8-15(19)20/h3-4,7H,5-6,8-10H2,1-2H3,(H,17,18)(H,19,20). The zero-order valence-corrected chi connectivity index (χ0v) is 13.3. The van der Waals surface area contributed by atoms with Crippen molar-refractivity contribution in [3.63, 3.8) is 0 Å². The zero-order valence-electron chi connectivity index (χ0n) is 12.4. The number of carboxylic acids is 1. The average molecular weight is 307 g/mol. The van der Waals surface area contributed by atoms with Crippen molar-refractivity contribution in [2.75, 3.05) is 16.8 Å². The number of benzene rings is 1. The number of hydrogen-bond donors (Lipinski definition) is 2. The molecule has 1 aromatic carbocycles. The number of anilines is 1. The van der Waals surface area contributed by atoms with Crippen LogP contribution < -0.4 is 5.32 Å². The van der Waals surface area contributed by atoms with Crippen LogP contribution in [-0.2, 0) is 9.59 Å². The van der Waals surface area contributed by atoms with Crippen LogP contribution in [0.25, 0.3) is 0 Å². The van der Waals surface area contributed by atoms with E-state index < -0.39 is 5.97 Å². The number of hydrogen-bond acceptors (Lipinski definition) is 3. The van der Waals surface area contributed by atoms with Gasteiger partial charge in [0.05, 0.1) is 12.2 Å². The van der Waals surface area contributed by atoms with Crippen molar-refractivity contribution < 1.29 is 14.7 Å². The predicted octanol–water partition coefficient (Wildman–Crippen LogP) is 3.23. The highest BCUT2D eigenvalue weighted by atomic mass is 32.2. The number of carbonyl (C=O) groups is 2. The topological polar surface area (TPSA) is 66.4 Å². The molecule has 0 bridgehead atoms. The second-order valence-electron chi connectivity index (χ2n) is 5.91. The summed E-state index contributed by atoms with van der Waals surface area (Å²) >= 11 is 1.52. The van der Waals surface area contributed by atoms with Crippen LogP contribution in [0, 0.1) is 19.3 Å². The van der Waals surface area contributed by atoms with Gasteiger partial charge in [0.25, 0.3) is 0 Å². The van der Waals surface area contributed by atoms with E-state index in [1.165, 1.54) is 17.3 Å². The summed E-state index contributed by atoms with van der Waals surface area (Å²) in [6.07, 6.45) is 2.15. The molecule has 0 radical (unpaired) electrons. The van der Waals surface area contributed by atoms with Crippen molar-refractivity contribution in [2.24, 2.45) is 5.41 Å². The lowest BCUT2D eigenvalue weighted by Crippen LogP contribution is -2.17. The van der Waals surface area contributed by atoms with Crippen LogP contribution in [0.15, 0.2) is 18.2 Å². The molecule has 0 spiro atoms. The Bertz CT molecular complexity index is 552. The molecule has 1 amide bonds. The lowest BCUT2D eigenvalue weighted by atomic mass is 10.1. The van der Waals surface area contributed by atoms with E-state index in [2.05, 4.69) is 5.32 Å². The monoisotopic (exact) mass is 307 g/mol. The van der Waals surface area contributed by atoms with Gasteiger partial charge in [0, 0.05) is 5.69 Å². The van der Waals surface area contributed by atoms with E-state index in [9.17, 15) is 9.59 Å². The van der Waals surface area contributed by atoms with Crippen LogP contribution in [0.4, 0.5) is 5.69 Å². The number of rotatable bonds is 7. The van der Waals surface area contributed by atoms with Crippen molar-refractivity contribution in [3.05, 3.63) is 29.3 Å². The van der Waals surface area contributed by atoms with Gasteiger partial charge >= 0.3 is 5.97 Å². The molecule has 2 N–H and O–H groups in total. The Morgan fingerprint density at radius 2 is 2.00 bits per heavy atom. The maximum Gasteiger partial charge on any atom is 0.303 e. The van der Waals surface area contributed by atoms with E-state index >= 15 is 0 Å². The van der Waals surface area contributed by atoms with E-state index in [-0.39, 0.29) is 17.7 Å². The zero-order chi connectivity index (χ0) is 15.5. The SMILES string of the molecule is Cc1ccc(NC(=O)CSCC2(CC(=O)O)CC2)cc1C. The normalized spacial score (nSPS) is 15.5. The molecule has 1 saturated carbocycles. The molecule has 0 saturated heterocycles. The third-order valence-electron chi connectivity index (χ3n) is 3.92. The molecule has 1 aliphatic rings. The first-order valence-corrected chi connectivity index (χ1v) is 8.22. The first-order valence-electron chi connectivity index (χ1n) is 7.07. The van der Waals surface area contributed by atoms with Gasteiger partial charge in [-0.1, -0.05) is 6.07 Å². The molecule has 1 aliphatic carbocycles.